The van der Waals surface area contributed by atoms with Gasteiger partial charge in [0.15, 0.2) is 0 Å². The molecule has 1 aromatic heterocycles. The molecule has 0 spiro atoms. The summed E-state index contributed by atoms with van der Waals surface area (Å²) >= 11 is 0. The van der Waals surface area contributed by atoms with E-state index in [4.69, 9.17) is 5.73 Å². The van der Waals surface area contributed by atoms with Crippen LogP contribution in [0.4, 0.5) is 4.39 Å². The standard InChI is InChI=1S/C14H18FN3/c1-8(2)18-12-6-5-10(15)7-11(12)17-14(18)13(16)9-3-4-9/h5-9,13H,3-4,16H2,1-2H3. The van der Waals surface area contributed by atoms with Crippen LogP contribution in [0.25, 0.3) is 11.0 Å². The number of fused-ring (bicyclic) bond motifs is 1. The van der Waals surface area contributed by atoms with Crippen LogP contribution >= 0.6 is 0 Å². The summed E-state index contributed by atoms with van der Waals surface area (Å²) in [5.74, 6) is 1.19. The molecule has 4 heteroatoms. The van der Waals surface area contributed by atoms with Crippen molar-refractivity contribution in [2.75, 3.05) is 0 Å². The molecule has 1 aromatic carbocycles. The molecule has 1 heterocycles. The Hall–Kier alpha value is -1.42. The molecule has 3 nitrogen and oxygen atoms in total. The molecule has 3 rings (SSSR count). The zero-order chi connectivity index (χ0) is 12.9. The normalized spacial score (nSPS) is 17.6. The smallest absolute Gasteiger partial charge is 0.127 e. The number of benzene rings is 1. The van der Waals surface area contributed by atoms with Crippen LogP contribution in [-0.2, 0) is 0 Å². The second-order valence-electron chi connectivity index (χ2n) is 5.43. The predicted molar refractivity (Wildman–Crippen MR) is 69.7 cm³/mol. The SMILES string of the molecule is CC(C)n1c(C(N)C2CC2)nc2cc(F)ccc21. The molecule has 0 aliphatic heterocycles. The van der Waals surface area contributed by atoms with Crippen LogP contribution in [0, 0.1) is 11.7 Å². The van der Waals surface area contributed by atoms with Crippen LogP contribution in [0.3, 0.4) is 0 Å². The van der Waals surface area contributed by atoms with E-state index in [2.05, 4.69) is 23.4 Å². The lowest BCUT2D eigenvalue weighted by molar-refractivity contribution is 0.512. The molecule has 18 heavy (non-hydrogen) atoms. The van der Waals surface area contributed by atoms with Gasteiger partial charge in [0.05, 0.1) is 17.1 Å². The summed E-state index contributed by atoms with van der Waals surface area (Å²) in [6.07, 6.45) is 2.35. The van der Waals surface area contributed by atoms with Crippen LogP contribution in [0.5, 0.6) is 0 Å². The second-order valence-corrected chi connectivity index (χ2v) is 5.43. The summed E-state index contributed by atoms with van der Waals surface area (Å²) in [5.41, 5.74) is 7.94. The van der Waals surface area contributed by atoms with E-state index in [1.807, 2.05) is 0 Å². The van der Waals surface area contributed by atoms with Crippen LogP contribution < -0.4 is 5.73 Å². The fourth-order valence-electron chi connectivity index (χ4n) is 2.53. The topological polar surface area (TPSA) is 43.8 Å². The van der Waals surface area contributed by atoms with E-state index in [9.17, 15) is 4.39 Å². The van der Waals surface area contributed by atoms with Gasteiger partial charge in [0.25, 0.3) is 0 Å². The predicted octanol–water partition coefficient (Wildman–Crippen LogP) is 3.17. The van der Waals surface area contributed by atoms with E-state index in [0.717, 1.165) is 11.3 Å². The maximum Gasteiger partial charge on any atom is 0.127 e. The molecule has 1 saturated carbocycles. The lowest BCUT2D eigenvalue weighted by atomic mass is 10.2. The first-order valence-corrected chi connectivity index (χ1v) is 6.51. The Morgan fingerprint density at radius 2 is 2.11 bits per heavy atom. The van der Waals surface area contributed by atoms with E-state index in [1.165, 1.54) is 25.0 Å². The number of hydrogen-bond donors (Lipinski definition) is 1. The minimum Gasteiger partial charge on any atom is -0.324 e. The Kier molecular flexibility index (Phi) is 2.63. The minimum absolute atomic E-state index is 0.0251. The van der Waals surface area contributed by atoms with Crippen molar-refractivity contribution in [3.05, 3.63) is 29.8 Å². The number of nitrogens with two attached hydrogens (primary N) is 1. The number of rotatable bonds is 3. The fraction of sp³-hybridized carbons (Fsp3) is 0.500. The van der Waals surface area contributed by atoms with Gasteiger partial charge in [-0.15, -0.1) is 0 Å². The number of imidazole rings is 1. The zero-order valence-corrected chi connectivity index (χ0v) is 10.7. The molecule has 2 aromatic rings. The molecule has 0 radical (unpaired) electrons. The van der Waals surface area contributed by atoms with Gasteiger partial charge in [-0.05, 0) is 44.7 Å². The van der Waals surface area contributed by atoms with Gasteiger partial charge < -0.3 is 10.3 Å². The molecule has 1 aliphatic carbocycles. The number of nitrogens with zero attached hydrogens (tertiary/aromatic N) is 2. The molecule has 1 atom stereocenters. The van der Waals surface area contributed by atoms with Gasteiger partial charge in [0.1, 0.15) is 11.6 Å². The summed E-state index contributed by atoms with van der Waals surface area (Å²) < 4.78 is 15.4. The zero-order valence-electron chi connectivity index (χ0n) is 10.7. The van der Waals surface area contributed by atoms with Crippen LogP contribution in [0.15, 0.2) is 18.2 Å². The molecule has 0 amide bonds. The summed E-state index contributed by atoms with van der Waals surface area (Å²) in [6.45, 7) is 4.21. The molecule has 0 bridgehead atoms. The monoisotopic (exact) mass is 247 g/mol. The summed E-state index contributed by atoms with van der Waals surface area (Å²) in [5, 5.41) is 0. The maximum atomic E-state index is 13.3. The number of hydrogen-bond acceptors (Lipinski definition) is 2. The van der Waals surface area contributed by atoms with Gasteiger partial charge in [-0.25, -0.2) is 9.37 Å². The Morgan fingerprint density at radius 1 is 1.39 bits per heavy atom. The van der Waals surface area contributed by atoms with Crippen molar-refractivity contribution in [3.8, 4) is 0 Å². The van der Waals surface area contributed by atoms with E-state index in [0.29, 0.717) is 11.4 Å². The quantitative estimate of drug-likeness (QED) is 0.905. The Bertz CT molecular complexity index is 584. The highest BCUT2D eigenvalue weighted by atomic mass is 19.1. The van der Waals surface area contributed by atoms with Gasteiger partial charge >= 0.3 is 0 Å². The number of halogens is 1. The van der Waals surface area contributed by atoms with Crippen molar-refractivity contribution in [2.24, 2.45) is 11.7 Å². The van der Waals surface area contributed by atoms with Crippen LogP contribution in [-0.4, -0.2) is 9.55 Å². The van der Waals surface area contributed by atoms with Gasteiger partial charge in [-0.2, -0.15) is 0 Å². The maximum absolute atomic E-state index is 13.3. The third kappa shape index (κ3) is 1.81. The molecular weight excluding hydrogens is 229 g/mol. The van der Waals surface area contributed by atoms with E-state index < -0.39 is 0 Å². The van der Waals surface area contributed by atoms with Crippen molar-refractivity contribution in [2.45, 2.75) is 38.8 Å². The molecule has 1 fully saturated rings. The highest BCUT2D eigenvalue weighted by Crippen LogP contribution is 2.40. The van der Waals surface area contributed by atoms with Gasteiger partial charge in [0.2, 0.25) is 0 Å². The summed E-state index contributed by atoms with van der Waals surface area (Å²) in [7, 11) is 0. The fourth-order valence-corrected chi connectivity index (χ4v) is 2.53. The van der Waals surface area contributed by atoms with E-state index >= 15 is 0 Å². The summed E-state index contributed by atoms with van der Waals surface area (Å²) in [4.78, 5) is 4.55. The molecule has 1 aliphatic rings. The molecule has 0 saturated heterocycles. The van der Waals surface area contributed by atoms with Crippen LogP contribution in [0.1, 0.15) is 44.6 Å². The molecule has 96 valence electrons. The minimum atomic E-state index is -0.248. The first-order chi connectivity index (χ1) is 8.58. The highest BCUT2D eigenvalue weighted by Gasteiger charge is 2.33. The molecular formula is C14H18FN3. The Labute approximate surface area is 106 Å². The van der Waals surface area contributed by atoms with E-state index in [-0.39, 0.29) is 17.9 Å². The first kappa shape index (κ1) is 11.7. The Morgan fingerprint density at radius 3 is 2.72 bits per heavy atom. The Balaban J connectivity index is 2.19. The average Bonchev–Trinajstić information content (AvgIpc) is 3.08. The van der Waals surface area contributed by atoms with Gasteiger partial charge in [0, 0.05) is 12.1 Å². The third-order valence-electron chi connectivity index (χ3n) is 3.62. The molecule has 1 unspecified atom stereocenters. The first-order valence-electron chi connectivity index (χ1n) is 6.51. The van der Waals surface area contributed by atoms with E-state index in [1.54, 1.807) is 6.07 Å². The molecule has 2 N–H and O–H groups in total. The van der Waals surface area contributed by atoms with Crippen molar-refractivity contribution >= 4 is 11.0 Å². The largest absolute Gasteiger partial charge is 0.324 e. The van der Waals surface area contributed by atoms with Crippen molar-refractivity contribution in [1.82, 2.24) is 9.55 Å². The highest BCUT2D eigenvalue weighted by molar-refractivity contribution is 5.76. The number of aromatic nitrogens is 2. The van der Waals surface area contributed by atoms with Crippen LogP contribution in [0.2, 0.25) is 0 Å². The van der Waals surface area contributed by atoms with Gasteiger partial charge in [-0.3, -0.25) is 0 Å². The lowest BCUT2D eigenvalue weighted by Gasteiger charge is -2.17. The van der Waals surface area contributed by atoms with Crippen molar-refractivity contribution < 1.29 is 4.39 Å². The van der Waals surface area contributed by atoms with Crippen molar-refractivity contribution in [3.63, 3.8) is 0 Å². The average molecular weight is 247 g/mol. The summed E-state index contributed by atoms with van der Waals surface area (Å²) in [6, 6.07) is 5.01. The second kappa shape index (κ2) is 4.05. The lowest BCUT2D eigenvalue weighted by Crippen LogP contribution is -2.19. The third-order valence-corrected chi connectivity index (χ3v) is 3.62. The van der Waals surface area contributed by atoms with Gasteiger partial charge in [-0.1, -0.05) is 0 Å². The van der Waals surface area contributed by atoms with Crippen molar-refractivity contribution in [1.29, 1.82) is 0 Å².